The van der Waals surface area contributed by atoms with Crippen LogP contribution in [-0.2, 0) is 11.8 Å². The van der Waals surface area contributed by atoms with E-state index in [-0.39, 0.29) is 17.8 Å². The van der Waals surface area contributed by atoms with E-state index in [9.17, 15) is 5.11 Å². The molecule has 0 aliphatic carbocycles. The molecule has 0 radical (unpaired) electrons. The van der Waals surface area contributed by atoms with Crippen LogP contribution in [0.1, 0.15) is 31.4 Å². The molecule has 3 heteroatoms. The predicted octanol–water partition coefficient (Wildman–Crippen LogP) is 4.66. The molecule has 1 aliphatic heterocycles. The van der Waals surface area contributed by atoms with Crippen molar-refractivity contribution in [1.82, 2.24) is 4.90 Å². The van der Waals surface area contributed by atoms with Crippen LogP contribution in [0.5, 0.6) is 5.75 Å². The van der Waals surface area contributed by atoms with E-state index >= 15 is 0 Å². The maximum Gasteiger partial charge on any atom is 0.115 e. The first-order valence-corrected chi connectivity index (χ1v) is 8.64. The normalized spacial score (nSPS) is 24.3. The largest absolute Gasteiger partial charge is 0.508 e. The maximum absolute atomic E-state index is 9.80. The summed E-state index contributed by atoms with van der Waals surface area (Å²) in [6.45, 7) is 8.08. The first-order chi connectivity index (χ1) is 11.1. The van der Waals surface area contributed by atoms with Crippen molar-refractivity contribution in [1.29, 1.82) is 0 Å². The molecule has 1 N–H and O–H groups in total. The monoisotopic (exact) mass is 345 g/mol. The number of phenols is 1. The van der Waals surface area contributed by atoms with Gasteiger partial charge in [-0.15, -0.1) is 12.4 Å². The Kier molecular flexibility index (Phi) is 6.31. The molecule has 2 atom stereocenters. The summed E-state index contributed by atoms with van der Waals surface area (Å²) in [6.07, 6.45) is 2.27. The Hall–Kier alpha value is -1.51. The first kappa shape index (κ1) is 18.8. The Balaban J connectivity index is 0.00000208. The Bertz CT molecular complexity index is 645. The molecule has 0 spiro atoms. The standard InChI is InChI=1S/C21H27NO.ClH/c1-17-16-22(13-11-18-7-4-3-5-8-18)14-12-21(17,2)19-9-6-10-20(23)15-19;/h3-10,15,17,23H,11-14,16H2,1-2H3;1H/t17-,21-;/m0./s1. The molecule has 3 rings (SSSR count). The molecule has 1 aliphatic rings. The minimum atomic E-state index is 0. The molecule has 0 unspecified atom stereocenters. The SMILES string of the molecule is C[C@H]1CN(CCc2ccccc2)CC[C@]1(C)c1cccc(O)c1.Cl. The fourth-order valence-electron chi connectivity index (χ4n) is 3.74. The lowest BCUT2D eigenvalue weighted by Crippen LogP contribution is -2.47. The van der Waals surface area contributed by atoms with Crippen molar-refractivity contribution in [2.24, 2.45) is 5.92 Å². The Labute approximate surface area is 151 Å². The summed E-state index contributed by atoms with van der Waals surface area (Å²) in [5, 5.41) is 9.80. The fraction of sp³-hybridized carbons (Fsp3) is 0.429. The zero-order chi connectivity index (χ0) is 16.3. The first-order valence-electron chi connectivity index (χ1n) is 8.64. The molecule has 1 heterocycles. The van der Waals surface area contributed by atoms with Gasteiger partial charge in [0.25, 0.3) is 0 Å². The highest BCUT2D eigenvalue weighted by Crippen LogP contribution is 2.40. The number of hydrogen-bond acceptors (Lipinski definition) is 2. The van der Waals surface area contributed by atoms with Crippen molar-refractivity contribution in [2.75, 3.05) is 19.6 Å². The van der Waals surface area contributed by atoms with Crippen molar-refractivity contribution in [3.8, 4) is 5.75 Å². The molecule has 130 valence electrons. The maximum atomic E-state index is 9.80. The van der Waals surface area contributed by atoms with E-state index < -0.39 is 0 Å². The van der Waals surface area contributed by atoms with Crippen LogP contribution in [0, 0.1) is 5.92 Å². The summed E-state index contributed by atoms with van der Waals surface area (Å²) in [5.41, 5.74) is 2.84. The second-order valence-electron chi connectivity index (χ2n) is 7.16. The third-order valence-corrected chi connectivity index (χ3v) is 5.63. The summed E-state index contributed by atoms with van der Waals surface area (Å²) < 4.78 is 0. The lowest BCUT2D eigenvalue weighted by atomic mass is 9.68. The number of benzene rings is 2. The number of aromatic hydroxyl groups is 1. The number of halogens is 1. The van der Waals surface area contributed by atoms with Crippen LogP contribution in [0.4, 0.5) is 0 Å². The molecule has 24 heavy (non-hydrogen) atoms. The highest BCUT2D eigenvalue weighted by molar-refractivity contribution is 5.85. The molecule has 1 saturated heterocycles. The van der Waals surface area contributed by atoms with Crippen LogP contribution in [-0.4, -0.2) is 29.6 Å². The number of hydrogen-bond donors (Lipinski definition) is 1. The van der Waals surface area contributed by atoms with Gasteiger partial charge in [-0.25, -0.2) is 0 Å². The van der Waals surface area contributed by atoms with E-state index in [4.69, 9.17) is 0 Å². The Morgan fingerprint density at radius 3 is 2.54 bits per heavy atom. The summed E-state index contributed by atoms with van der Waals surface area (Å²) in [6, 6.07) is 18.6. The van der Waals surface area contributed by atoms with Gasteiger partial charge in [-0.3, -0.25) is 0 Å². The third-order valence-electron chi connectivity index (χ3n) is 5.63. The van der Waals surface area contributed by atoms with E-state index in [1.807, 2.05) is 12.1 Å². The average Bonchev–Trinajstić information content (AvgIpc) is 2.57. The molecule has 2 nitrogen and oxygen atoms in total. The van der Waals surface area contributed by atoms with Crippen LogP contribution in [0.2, 0.25) is 0 Å². The number of rotatable bonds is 4. The molecule has 0 bridgehead atoms. The van der Waals surface area contributed by atoms with Gasteiger partial charge in [-0.2, -0.15) is 0 Å². The van der Waals surface area contributed by atoms with Gasteiger partial charge in [0.1, 0.15) is 5.75 Å². The fourth-order valence-corrected chi connectivity index (χ4v) is 3.74. The van der Waals surface area contributed by atoms with Gasteiger partial charge in [0.05, 0.1) is 0 Å². The quantitative estimate of drug-likeness (QED) is 0.871. The van der Waals surface area contributed by atoms with Crippen LogP contribution >= 0.6 is 12.4 Å². The van der Waals surface area contributed by atoms with Crippen molar-refractivity contribution < 1.29 is 5.11 Å². The van der Waals surface area contributed by atoms with E-state index in [1.165, 1.54) is 11.1 Å². The average molecular weight is 346 g/mol. The Morgan fingerprint density at radius 2 is 1.88 bits per heavy atom. The highest BCUT2D eigenvalue weighted by atomic mass is 35.5. The molecule has 2 aromatic carbocycles. The second-order valence-corrected chi connectivity index (χ2v) is 7.16. The molecule has 0 aromatic heterocycles. The summed E-state index contributed by atoms with van der Waals surface area (Å²) in [5.74, 6) is 0.955. The van der Waals surface area contributed by atoms with Crippen molar-refractivity contribution in [2.45, 2.75) is 32.1 Å². The number of nitrogens with zero attached hydrogens (tertiary/aromatic N) is 1. The minimum Gasteiger partial charge on any atom is -0.508 e. The molecule has 2 aromatic rings. The zero-order valence-corrected chi connectivity index (χ0v) is 15.4. The molecule has 1 fully saturated rings. The third kappa shape index (κ3) is 4.12. The van der Waals surface area contributed by atoms with Crippen LogP contribution in [0.15, 0.2) is 54.6 Å². The number of piperidine rings is 1. The number of likely N-dealkylation sites (tertiary alicyclic amines) is 1. The van der Waals surface area contributed by atoms with Gasteiger partial charge < -0.3 is 10.0 Å². The van der Waals surface area contributed by atoms with Gasteiger partial charge in [0.2, 0.25) is 0 Å². The predicted molar refractivity (Wildman–Crippen MR) is 103 cm³/mol. The summed E-state index contributed by atoms with van der Waals surface area (Å²) in [7, 11) is 0. The van der Waals surface area contributed by atoms with Gasteiger partial charge in [-0.1, -0.05) is 56.3 Å². The van der Waals surface area contributed by atoms with E-state index in [0.29, 0.717) is 11.7 Å². The Morgan fingerprint density at radius 1 is 1.12 bits per heavy atom. The van der Waals surface area contributed by atoms with Crippen LogP contribution < -0.4 is 0 Å². The molecular weight excluding hydrogens is 318 g/mol. The lowest BCUT2D eigenvalue weighted by molar-refractivity contribution is 0.112. The second kappa shape index (κ2) is 8.04. The lowest BCUT2D eigenvalue weighted by Gasteiger charge is -2.45. The highest BCUT2D eigenvalue weighted by Gasteiger charge is 2.37. The van der Waals surface area contributed by atoms with Gasteiger partial charge in [0.15, 0.2) is 0 Å². The van der Waals surface area contributed by atoms with E-state index in [2.05, 4.69) is 55.1 Å². The summed E-state index contributed by atoms with van der Waals surface area (Å²) in [4.78, 5) is 2.59. The smallest absolute Gasteiger partial charge is 0.115 e. The topological polar surface area (TPSA) is 23.5 Å². The van der Waals surface area contributed by atoms with Crippen LogP contribution in [0.25, 0.3) is 0 Å². The van der Waals surface area contributed by atoms with Crippen molar-refractivity contribution in [3.05, 3.63) is 65.7 Å². The van der Waals surface area contributed by atoms with Gasteiger partial charge in [-0.05, 0) is 54.0 Å². The summed E-state index contributed by atoms with van der Waals surface area (Å²) >= 11 is 0. The van der Waals surface area contributed by atoms with Gasteiger partial charge >= 0.3 is 0 Å². The van der Waals surface area contributed by atoms with Crippen molar-refractivity contribution >= 4 is 12.4 Å². The number of phenolic OH excluding ortho intramolecular Hbond substituents is 1. The molecular formula is C21H28ClNO. The van der Waals surface area contributed by atoms with Gasteiger partial charge in [0, 0.05) is 13.1 Å². The molecule has 0 amide bonds. The molecule has 0 saturated carbocycles. The zero-order valence-electron chi connectivity index (χ0n) is 14.6. The van der Waals surface area contributed by atoms with Crippen molar-refractivity contribution in [3.63, 3.8) is 0 Å². The van der Waals surface area contributed by atoms with E-state index in [1.54, 1.807) is 6.07 Å². The van der Waals surface area contributed by atoms with Crippen LogP contribution in [0.3, 0.4) is 0 Å². The minimum absolute atomic E-state index is 0. The van der Waals surface area contributed by atoms with E-state index in [0.717, 1.165) is 32.5 Å².